The minimum Gasteiger partial charge on any atom is -0.492 e. The van der Waals surface area contributed by atoms with E-state index in [1.54, 1.807) is 30.6 Å². The van der Waals surface area contributed by atoms with Gasteiger partial charge in [0.05, 0.1) is 12.8 Å². The fourth-order valence-corrected chi connectivity index (χ4v) is 2.04. The van der Waals surface area contributed by atoms with Crippen LogP contribution in [0.3, 0.4) is 0 Å². The Bertz CT molecular complexity index is 584. The highest BCUT2D eigenvalue weighted by Gasteiger charge is 2.10. The van der Waals surface area contributed by atoms with E-state index in [-0.39, 0.29) is 5.78 Å². The van der Waals surface area contributed by atoms with Crippen LogP contribution in [0.5, 0.6) is 5.75 Å². The summed E-state index contributed by atoms with van der Waals surface area (Å²) in [5.41, 5.74) is 1.16. The Balaban J connectivity index is 2.24. The van der Waals surface area contributed by atoms with Gasteiger partial charge in [-0.2, -0.15) is 0 Å². The number of rotatable bonds is 5. The Labute approximate surface area is 120 Å². The third-order valence-corrected chi connectivity index (χ3v) is 3.03. The molecule has 0 bridgehead atoms. The summed E-state index contributed by atoms with van der Waals surface area (Å²) in [6.45, 7) is 2.65. The molecule has 0 N–H and O–H groups in total. The Morgan fingerprint density at radius 2 is 2.11 bits per heavy atom. The van der Waals surface area contributed by atoms with Gasteiger partial charge in [-0.25, -0.2) is 0 Å². The second-order valence-corrected chi connectivity index (χ2v) is 5.01. The number of carbonyl (C=O) groups excluding carboxylic acids is 1. The molecule has 0 fully saturated rings. The normalized spacial score (nSPS) is 10.2. The highest BCUT2D eigenvalue weighted by atomic mass is 79.9. The summed E-state index contributed by atoms with van der Waals surface area (Å²) in [5.74, 6) is 0.568. The van der Waals surface area contributed by atoms with Gasteiger partial charge in [0.25, 0.3) is 0 Å². The molecule has 19 heavy (non-hydrogen) atoms. The lowest BCUT2D eigenvalue weighted by molar-refractivity contribution is 0.103. The zero-order chi connectivity index (χ0) is 13.7. The van der Waals surface area contributed by atoms with Gasteiger partial charge < -0.3 is 4.74 Å². The van der Waals surface area contributed by atoms with E-state index in [0.29, 0.717) is 23.5 Å². The van der Waals surface area contributed by atoms with Gasteiger partial charge in [0.15, 0.2) is 5.78 Å². The monoisotopic (exact) mass is 319 g/mol. The van der Waals surface area contributed by atoms with Crippen LogP contribution < -0.4 is 4.74 Å². The molecule has 0 aliphatic heterocycles. The number of nitrogens with zero attached hydrogens (tertiary/aromatic N) is 1. The molecule has 0 spiro atoms. The lowest BCUT2D eigenvalue weighted by Crippen LogP contribution is -2.03. The maximum absolute atomic E-state index is 12.3. The van der Waals surface area contributed by atoms with E-state index in [9.17, 15) is 4.79 Å². The number of benzene rings is 1. The molecular formula is C15H14BrNO2. The van der Waals surface area contributed by atoms with Gasteiger partial charge in [0.1, 0.15) is 5.75 Å². The van der Waals surface area contributed by atoms with Crippen LogP contribution in [0.25, 0.3) is 0 Å². The van der Waals surface area contributed by atoms with Crippen molar-refractivity contribution in [3.05, 3.63) is 58.3 Å². The van der Waals surface area contributed by atoms with Gasteiger partial charge in [-0.3, -0.25) is 9.78 Å². The van der Waals surface area contributed by atoms with E-state index in [0.717, 1.165) is 10.9 Å². The third kappa shape index (κ3) is 3.64. The topological polar surface area (TPSA) is 39.2 Å². The van der Waals surface area contributed by atoms with Crippen molar-refractivity contribution in [3.8, 4) is 5.75 Å². The lowest BCUT2D eigenvalue weighted by atomic mass is 10.1. The minimum absolute atomic E-state index is 0.0595. The van der Waals surface area contributed by atoms with Crippen molar-refractivity contribution in [1.29, 1.82) is 0 Å². The fourth-order valence-electron chi connectivity index (χ4n) is 1.64. The summed E-state index contributed by atoms with van der Waals surface area (Å²) in [7, 11) is 0. The summed E-state index contributed by atoms with van der Waals surface area (Å²) in [4.78, 5) is 16.4. The first-order valence-electron chi connectivity index (χ1n) is 6.09. The molecular weight excluding hydrogens is 306 g/mol. The Kier molecular flexibility index (Phi) is 4.68. The van der Waals surface area contributed by atoms with Gasteiger partial charge in [-0.15, -0.1) is 0 Å². The standard InChI is InChI=1S/C15H14BrNO2/c1-2-6-19-14-8-12(9-17-10-14)15(18)11-4-3-5-13(16)7-11/h3-5,7-10H,2,6H2,1H3. The van der Waals surface area contributed by atoms with Crippen molar-refractivity contribution in [2.24, 2.45) is 0 Å². The summed E-state index contributed by atoms with van der Waals surface area (Å²) >= 11 is 3.36. The molecule has 98 valence electrons. The van der Waals surface area contributed by atoms with Crippen LogP contribution in [0, 0.1) is 0 Å². The van der Waals surface area contributed by atoms with Crippen molar-refractivity contribution in [3.63, 3.8) is 0 Å². The first-order chi connectivity index (χ1) is 9.20. The Morgan fingerprint density at radius 1 is 1.26 bits per heavy atom. The van der Waals surface area contributed by atoms with Gasteiger partial charge in [0.2, 0.25) is 0 Å². The number of aromatic nitrogens is 1. The van der Waals surface area contributed by atoms with E-state index in [4.69, 9.17) is 4.74 Å². The summed E-state index contributed by atoms with van der Waals surface area (Å²) in [5, 5.41) is 0. The van der Waals surface area contributed by atoms with Crippen LogP contribution in [0.15, 0.2) is 47.2 Å². The predicted molar refractivity (Wildman–Crippen MR) is 77.6 cm³/mol. The molecule has 0 aliphatic rings. The first kappa shape index (κ1) is 13.7. The molecule has 0 aliphatic carbocycles. The van der Waals surface area contributed by atoms with Crippen LogP contribution >= 0.6 is 15.9 Å². The number of ketones is 1. The number of pyridine rings is 1. The molecule has 0 radical (unpaired) electrons. The number of ether oxygens (including phenoxy) is 1. The van der Waals surface area contributed by atoms with Crippen LogP contribution in [0.2, 0.25) is 0 Å². The highest BCUT2D eigenvalue weighted by Crippen LogP contribution is 2.18. The summed E-state index contributed by atoms with van der Waals surface area (Å²) < 4.78 is 6.36. The molecule has 1 aromatic heterocycles. The van der Waals surface area contributed by atoms with Gasteiger partial charge in [-0.1, -0.05) is 35.0 Å². The Morgan fingerprint density at radius 3 is 2.84 bits per heavy atom. The molecule has 0 saturated carbocycles. The smallest absolute Gasteiger partial charge is 0.194 e. The van der Waals surface area contributed by atoms with E-state index >= 15 is 0 Å². The molecule has 0 amide bonds. The second kappa shape index (κ2) is 6.48. The maximum Gasteiger partial charge on any atom is 0.194 e. The maximum atomic E-state index is 12.3. The van der Waals surface area contributed by atoms with Crippen LogP contribution in [0.1, 0.15) is 29.3 Å². The van der Waals surface area contributed by atoms with Crippen molar-refractivity contribution in [2.45, 2.75) is 13.3 Å². The number of hydrogen-bond donors (Lipinski definition) is 0. The molecule has 0 saturated heterocycles. The fraction of sp³-hybridized carbons (Fsp3) is 0.200. The largest absolute Gasteiger partial charge is 0.492 e. The van der Waals surface area contributed by atoms with Gasteiger partial charge in [0, 0.05) is 21.8 Å². The van der Waals surface area contributed by atoms with E-state index in [2.05, 4.69) is 20.9 Å². The van der Waals surface area contributed by atoms with E-state index in [1.807, 2.05) is 19.1 Å². The van der Waals surface area contributed by atoms with E-state index in [1.165, 1.54) is 0 Å². The minimum atomic E-state index is -0.0595. The molecule has 3 nitrogen and oxygen atoms in total. The number of halogens is 1. The molecule has 2 rings (SSSR count). The first-order valence-corrected chi connectivity index (χ1v) is 6.88. The van der Waals surface area contributed by atoms with Crippen LogP contribution in [0.4, 0.5) is 0 Å². The summed E-state index contributed by atoms with van der Waals surface area (Å²) in [6, 6.07) is 9.03. The molecule has 1 aromatic carbocycles. The van der Waals surface area contributed by atoms with Crippen molar-refractivity contribution in [1.82, 2.24) is 4.98 Å². The van der Waals surface area contributed by atoms with Crippen molar-refractivity contribution >= 4 is 21.7 Å². The SMILES string of the molecule is CCCOc1cncc(C(=O)c2cccc(Br)c2)c1. The van der Waals surface area contributed by atoms with Gasteiger partial charge in [-0.05, 0) is 24.6 Å². The van der Waals surface area contributed by atoms with Crippen LogP contribution in [-0.2, 0) is 0 Å². The molecule has 4 heteroatoms. The Hall–Kier alpha value is -1.68. The zero-order valence-corrected chi connectivity index (χ0v) is 12.2. The van der Waals surface area contributed by atoms with Gasteiger partial charge >= 0.3 is 0 Å². The molecule has 1 heterocycles. The quantitative estimate of drug-likeness (QED) is 0.785. The zero-order valence-electron chi connectivity index (χ0n) is 10.6. The van der Waals surface area contributed by atoms with Crippen LogP contribution in [-0.4, -0.2) is 17.4 Å². The second-order valence-electron chi connectivity index (χ2n) is 4.10. The average molecular weight is 320 g/mol. The number of carbonyl (C=O) groups is 1. The van der Waals surface area contributed by atoms with E-state index < -0.39 is 0 Å². The average Bonchev–Trinajstić information content (AvgIpc) is 2.44. The number of hydrogen-bond acceptors (Lipinski definition) is 3. The predicted octanol–water partition coefficient (Wildman–Crippen LogP) is 3.86. The molecule has 0 atom stereocenters. The molecule has 0 unspecified atom stereocenters. The lowest BCUT2D eigenvalue weighted by Gasteiger charge is -2.06. The van der Waals surface area contributed by atoms with Crippen molar-refractivity contribution in [2.75, 3.05) is 6.61 Å². The molecule has 2 aromatic rings. The third-order valence-electron chi connectivity index (χ3n) is 2.54. The highest BCUT2D eigenvalue weighted by molar-refractivity contribution is 9.10. The summed E-state index contributed by atoms with van der Waals surface area (Å²) in [6.07, 6.45) is 4.10. The van der Waals surface area contributed by atoms with Crippen molar-refractivity contribution < 1.29 is 9.53 Å².